The number of H-pyrrole nitrogens is 1. The van der Waals surface area contributed by atoms with Gasteiger partial charge in [-0.1, -0.05) is 35.5 Å². The zero-order chi connectivity index (χ0) is 26.6. The molecule has 0 aliphatic carbocycles. The van der Waals surface area contributed by atoms with Crippen LogP contribution in [0.3, 0.4) is 0 Å². The van der Waals surface area contributed by atoms with Crippen molar-refractivity contribution in [2.24, 2.45) is 0 Å². The van der Waals surface area contributed by atoms with Gasteiger partial charge in [0.2, 0.25) is 10.0 Å². The molecule has 208 valence electrons. The van der Waals surface area contributed by atoms with Crippen molar-refractivity contribution in [1.82, 2.24) is 24.1 Å². The summed E-state index contributed by atoms with van der Waals surface area (Å²) in [4.78, 5) is 20.1. The first-order valence-electron chi connectivity index (χ1n) is 11.0. The van der Waals surface area contributed by atoms with Crippen LogP contribution in [0.4, 0.5) is 0 Å². The SMILES string of the molecule is Cl.O=C(NO)[C@H]1CN(S(=O)(=O)CCCSc2ncc[nH]2)CCN1S(=O)(=O)c1ccc(-c2ccc(Cl)cc2)s1. The number of aromatic nitrogens is 2. The van der Waals surface area contributed by atoms with E-state index >= 15 is 0 Å². The highest BCUT2D eigenvalue weighted by atomic mass is 35.5. The third-order valence-electron chi connectivity index (χ3n) is 5.63. The van der Waals surface area contributed by atoms with Gasteiger partial charge in [0.15, 0.2) is 5.16 Å². The molecule has 1 aliphatic heterocycles. The van der Waals surface area contributed by atoms with Gasteiger partial charge in [-0.25, -0.2) is 27.3 Å². The lowest BCUT2D eigenvalue weighted by atomic mass is 10.2. The summed E-state index contributed by atoms with van der Waals surface area (Å²) in [5, 5.41) is 10.5. The number of hydroxylamine groups is 1. The highest BCUT2D eigenvalue weighted by Crippen LogP contribution is 2.34. The smallest absolute Gasteiger partial charge is 0.263 e. The monoisotopic (exact) mass is 641 g/mol. The molecular weight excluding hydrogens is 617 g/mol. The van der Waals surface area contributed by atoms with Crippen molar-refractivity contribution >= 4 is 73.1 Å². The second-order valence-electron chi connectivity index (χ2n) is 8.00. The quantitative estimate of drug-likeness (QED) is 0.132. The molecule has 1 amide bonds. The molecule has 1 aromatic carbocycles. The molecule has 17 heteroatoms. The molecule has 38 heavy (non-hydrogen) atoms. The van der Waals surface area contributed by atoms with Crippen LogP contribution in [0.5, 0.6) is 0 Å². The number of rotatable bonds is 10. The first kappa shape index (κ1) is 30.8. The molecule has 2 aromatic heterocycles. The number of halogens is 2. The number of amides is 1. The zero-order valence-electron chi connectivity index (χ0n) is 19.7. The summed E-state index contributed by atoms with van der Waals surface area (Å²) < 4.78 is 54.9. The molecule has 1 atom stereocenters. The fraction of sp³-hybridized carbons (Fsp3) is 0.333. The van der Waals surface area contributed by atoms with E-state index in [0.29, 0.717) is 27.2 Å². The number of hydrogen-bond donors (Lipinski definition) is 3. The number of carbonyl (C=O) groups excluding carboxylic acids is 1. The van der Waals surface area contributed by atoms with Crippen LogP contribution in [-0.4, -0.2) is 83.7 Å². The van der Waals surface area contributed by atoms with Gasteiger partial charge >= 0.3 is 0 Å². The molecule has 4 rings (SSSR count). The number of nitrogens with zero attached hydrogens (tertiary/aromatic N) is 3. The largest absolute Gasteiger partial charge is 0.340 e. The van der Waals surface area contributed by atoms with Crippen molar-refractivity contribution in [2.45, 2.75) is 21.8 Å². The maximum atomic E-state index is 13.5. The number of piperazine rings is 1. The average Bonchev–Trinajstić information content (AvgIpc) is 3.59. The van der Waals surface area contributed by atoms with E-state index in [1.807, 2.05) is 0 Å². The number of thioether (sulfide) groups is 1. The molecular formula is C21H25Cl2N5O6S4. The molecule has 0 saturated carbocycles. The maximum Gasteiger partial charge on any atom is 0.263 e. The van der Waals surface area contributed by atoms with Crippen LogP contribution in [0.1, 0.15) is 6.42 Å². The lowest BCUT2D eigenvalue weighted by Crippen LogP contribution is -2.61. The van der Waals surface area contributed by atoms with Crippen molar-refractivity contribution in [3.8, 4) is 10.4 Å². The molecule has 0 radical (unpaired) electrons. The van der Waals surface area contributed by atoms with Crippen molar-refractivity contribution in [1.29, 1.82) is 0 Å². The molecule has 0 bridgehead atoms. The summed E-state index contributed by atoms with van der Waals surface area (Å²) >= 11 is 8.34. The van der Waals surface area contributed by atoms with Crippen molar-refractivity contribution in [3.05, 3.63) is 53.8 Å². The number of hydrogen-bond acceptors (Lipinski definition) is 9. The van der Waals surface area contributed by atoms with Gasteiger partial charge in [0, 0.05) is 47.7 Å². The van der Waals surface area contributed by atoms with Crippen LogP contribution in [0.25, 0.3) is 10.4 Å². The Hall–Kier alpha value is -1.69. The Morgan fingerprint density at radius 3 is 2.58 bits per heavy atom. The van der Waals surface area contributed by atoms with E-state index in [-0.39, 0.29) is 35.5 Å². The molecule has 0 unspecified atom stereocenters. The molecule has 3 N–H and O–H groups in total. The minimum Gasteiger partial charge on any atom is -0.340 e. The molecule has 3 heterocycles. The van der Waals surface area contributed by atoms with Gasteiger partial charge < -0.3 is 4.98 Å². The topological polar surface area (TPSA) is 153 Å². The number of nitrogens with one attached hydrogen (secondary N) is 2. The fourth-order valence-electron chi connectivity index (χ4n) is 3.78. The first-order valence-corrected chi connectivity index (χ1v) is 16.3. The van der Waals surface area contributed by atoms with Crippen molar-refractivity contribution in [3.63, 3.8) is 0 Å². The number of sulfonamides is 2. The lowest BCUT2D eigenvalue weighted by molar-refractivity contribution is -0.134. The van der Waals surface area contributed by atoms with Gasteiger partial charge in [-0.05, 0) is 36.2 Å². The first-order chi connectivity index (χ1) is 17.6. The summed E-state index contributed by atoms with van der Waals surface area (Å²) in [6.07, 6.45) is 3.62. The second-order valence-corrected chi connectivity index (χ2v) is 14.8. The lowest BCUT2D eigenvalue weighted by Gasteiger charge is -2.38. The van der Waals surface area contributed by atoms with Gasteiger partial charge in [0.25, 0.3) is 15.9 Å². The van der Waals surface area contributed by atoms with Crippen LogP contribution in [0.2, 0.25) is 5.02 Å². The molecule has 1 fully saturated rings. The van der Waals surface area contributed by atoms with E-state index < -0.39 is 38.5 Å². The van der Waals surface area contributed by atoms with Crippen molar-refractivity contribution in [2.75, 3.05) is 31.1 Å². The Morgan fingerprint density at radius 1 is 1.18 bits per heavy atom. The standard InChI is InChI=1S/C21H24ClN5O6S4.ClH/c22-16-4-2-15(3-5-16)18-6-7-19(35-18)37(32,33)27-11-10-26(14-17(27)20(28)25-29)36(30,31)13-1-12-34-21-23-8-9-24-21;/h2-9,17,29H,1,10-14H2,(H,23,24)(H,25,28);1H/t17-;/m1./s1. The van der Waals surface area contributed by atoms with Crippen LogP contribution in [0, 0.1) is 0 Å². The number of carbonyl (C=O) groups is 1. The number of benzene rings is 1. The van der Waals surface area contributed by atoms with Crippen molar-refractivity contribution < 1.29 is 26.8 Å². The molecule has 0 spiro atoms. The highest BCUT2D eigenvalue weighted by Gasteiger charge is 2.43. The summed E-state index contributed by atoms with van der Waals surface area (Å²) in [5.74, 6) is -0.668. The maximum absolute atomic E-state index is 13.5. The Morgan fingerprint density at radius 2 is 1.92 bits per heavy atom. The van der Waals surface area contributed by atoms with Crippen LogP contribution < -0.4 is 5.48 Å². The molecule has 3 aromatic rings. The normalized spacial score (nSPS) is 17.2. The van der Waals surface area contributed by atoms with E-state index in [0.717, 1.165) is 25.5 Å². The number of thiophene rings is 1. The zero-order valence-corrected chi connectivity index (χ0v) is 24.5. The second kappa shape index (κ2) is 13.1. The summed E-state index contributed by atoms with van der Waals surface area (Å²) in [7, 11) is -7.93. The van der Waals surface area contributed by atoms with E-state index in [1.54, 1.807) is 42.7 Å². The number of aromatic amines is 1. The Balaban J connectivity index is 0.00000400. The van der Waals surface area contributed by atoms with Crippen LogP contribution in [0.15, 0.2) is 58.2 Å². The van der Waals surface area contributed by atoms with Gasteiger partial charge in [-0.3, -0.25) is 10.0 Å². The Kier molecular flexibility index (Phi) is 10.6. The predicted molar refractivity (Wildman–Crippen MR) is 149 cm³/mol. The van der Waals surface area contributed by atoms with Crippen LogP contribution >= 0.6 is 47.1 Å². The molecule has 1 saturated heterocycles. The highest BCUT2D eigenvalue weighted by molar-refractivity contribution is 7.99. The third kappa shape index (κ3) is 7.08. The summed E-state index contributed by atoms with van der Waals surface area (Å²) in [6, 6.07) is 8.59. The molecule has 11 nitrogen and oxygen atoms in total. The predicted octanol–water partition coefficient (Wildman–Crippen LogP) is 2.91. The number of imidazole rings is 1. The van der Waals surface area contributed by atoms with E-state index in [4.69, 9.17) is 11.6 Å². The Labute approximate surface area is 240 Å². The van der Waals surface area contributed by atoms with E-state index in [2.05, 4.69) is 9.97 Å². The Bertz CT molecular complexity index is 1430. The third-order valence-corrected chi connectivity index (χ3v) is 12.3. The van der Waals surface area contributed by atoms with Gasteiger partial charge in [-0.2, -0.15) is 8.61 Å². The van der Waals surface area contributed by atoms with Gasteiger partial charge in [0.05, 0.1) is 5.75 Å². The minimum atomic E-state index is -4.16. The average molecular weight is 643 g/mol. The summed E-state index contributed by atoms with van der Waals surface area (Å²) in [6.45, 7) is -0.763. The van der Waals surface area contributed by atoms with Gasteiger partial charge in [0.1, 0.15) is 10.3 Å². The minimum absolute atomic E-state index is 0. The summed E-state index contributed by atoms with van der Waals surface area (Å²) in [5.41, 5.74) is 2.25. The molecule has 1 aliphatic rings. The van der Waals surface area contributed by atoms with E-state index in [1.165, 1.54) is 23.3 Å². The van der Waals surface area contributed by atoms with Gasteiger partial charge in [-0.15, -0.1) is 23.7 Å². The fourth-order valence-corrected chi connectivity index (χ4v) is 9.37. The van der Waals surface area contributed by atoms with E-state index in [9.17, 15) is 26.8 Å². The van der Waals surface area contributed by atoms with Crippen LogP contribution in [-0.2, 0) is 24.8 Å².